The quantitative estimate of drug-likeness (QED) is 0.409. The smallest absolute Gasteiger partial charge is 0.191 e. The number of aromatic nitrogens is 2. The number of hydrogen-bond donors (Lipinski definition) is 2. The molecule has 0 saturated carbocycles. The Kier molecular flexibility index (Phi) is 7.76. The summed E-state index contributed by atoms with van der Waals surface area (Å²) in [7, 11) is 0. The maximum Gasteiger partial charge on any atom is 0.191 e. The van der Waals surface area contributed by atoms with Crippen LogP contribution in [0.5, 0.6) is 0 Å². The molecule has 3 heterocycles. The van der Waals surface area contributed by atoms with E-state index >= 15 is 0 Å². The van der Waals surface area contributed by atoms with Crippen molar-refractivity contribution in [3.05, 3.63) is 78.0 Å². The van der Waals surface area contributed by atoms with Gasteiger partial charge in [-0.15, -0.1) is 0 Å². The molecule has 1 atom stereocenters. The highest BCUT2D eigenvalue weighted by molar-refractivity contribution is 5.79. The van der Waals surface area contributed by atoms with E-state index in [1.54, 1.807) is 12.5 Å². The van der Waals surface area contributed by atoms with Crippen LogP contribution in [0, 0.1) is 0 Å². The van der Waals surface area contributed by atoms with Crippen LogP contribution < -0.4 is 10.6 Å². The number of rotatable bonds is 9. The van der Waals surface area contributed by atoms with Crippen molar-refractivity contribution in [1.82, 2.24) is 20.4 Å². The van der Waals surface area contributed by atoms with Gasteiger partial charge in [0, 0.05) is 38.5 Å². The van der Waals surface area contributed by atoms with Gasteiger partial charge in [-0.25, -0.2) is 4.99 Å². The van der Waals surface area contributed by atoms with Gasteiger partial charge in [0.15, 0.2) is 5.96 Å². The molecule has 1 aliphatic rings. The highest BCUT2D eigenvalue weighted by Crippen LogP contribution is 2.13. The lowest BCUT2D eigenvalue weighted by molar-refractivity contribution is 0.0194. The minimum Gasteiger partial charge on any atom is -0.469 e. The third-order valence-corrected chi connectivity index (χ3v) is 5.43. The Balaban J connectivity index is 1.39. The maximum atomic E-state index is 5.86. The standard InChI is InChI=1S/C24H31N5O2/c1-2-8-21(19-29-14-6-12-28-29)20(7-1)17-26-24(25-13-11-22-10-5-16-30-22)27-18-23-9-3-4-15-31-23/h1-2,5-8,10,12,14,16,23H,3-4,9,11,13,15,17-19H2,(H2,25,26,27). The first-order valence-corrected chi connectivity index (χ1v) is 11.1. The van der Waals surface area contributed by atoms with E-state index in [4.69, 9.17) is 14.1 Å². The molecular formula is C24H31N5O2. The second-order valence-corrected chi connectivity index (χ2v) is 7.76. The molecule has 1 aromatic carbocycles. The third kappa shape index (κ3) is 6.72. The fraction of sp³-hybridized carbons (Fsp3) is 0.417. The molecule has 1 aliphatic heterocycles. The molecule has 2 aromatic heterocycles. The predicted molar refractivity (Wildman–Crippen MR) is 121 cm³/mol. The van der Waals surface area contributed by atoms with Crippen LogP contribution in [0.2, 0.25) is 0 Å². The van der Waals surface area contributed by atoms with Crippen LogP contribution in [0.25, 0.3) is 0 Å². The Morgan fingerprint density at radius 3 is 2.81 bits per heavy atom. The molecule has 2 N–H and O–H groups in total. The van der Waals surface area contributed by atoms with Gasteiger partial charge < -0.3 is 19.8 Å². The Bertz CT molecular complexity index is 915. The first-order chi connectivity index (χ1) is 15.4. The summed E-state index contributed by atoms with van der Waals surface area (Å²) in [4.78, 5) is 4.87. The van der Waals surface area contributed by atoms with E-state index in [0.717, 1.165) is 57.2 Å². The van der Waals surface area contributed by atoms with Gasteiger partial charge in [0.05, 0.1) is 25.5 Å². The van der Waals surface area contributed by atoms with E-state index in [-0.39, 0.29) is 6.10 Å². The largest absolute Gasteiger partial charge is 0.469 e. The fourth-order valence-corrected chi connectivity index (χ4v) is 3.71. The van der Waals surface area contributed by atoms with Crippen LogP contribution in [-0.2, 0) is 24.2 Å². The number of benzene rings is 1. The van der Waals surface area contributed by atoms with Gasteiger partial charge >= 0.3 is 0 Å². The summed E-state index contributed by atoms with van der Waals surface area (Å²) in [6.07, 6.45) is 10.0. The van der Waals surface area contributed by atoms with Crippen molar-refractivity contribution in [3.8, 4) is 0 Å². The van der Waals surface area contributed by atoms with Gasteiger partial charge in [-0.05, 0) is 48.6 Å². The van der Waals surface area contributed by atoms with Crippen molar-refractivity contribution >= 4 is 5.96 Å². The number of aliphatic imine (C=N–C) groups is 1. The first kappa shape index (κ1) is 21.2. The lowest BCUT2D eigenvalue weighted by Crippen LogP contribution is -2.43. The van der Waals surface area contributed by atoms with Crippen LogP contribution in [0.15, 0.2) is 70.5 Å². The van der Waals surface area contributed by atoms with Crippen molar-refractivity contribution in [2.75, 3.05) is 19.7 Å². The zero-order valence-corrected chi connectivity index (χ0v) is 17.9. The van der Waals surface area contributed by atoms with Crippen molar-refractivity contribution < 1.29 is 9.15 Å². The molecule has 1 unspecified atom stereocenters. The number of nitrogens with zero attached hydrogens (tertiary/aromatic N) is 3. The monoisotopic (exact) mass is 421 g/mol. The van der Waals surface area contributed by atoms with E-state index in [9.17, 15) is 0 Å². The highest BCUT2D eigenvalue weighted by Gasteiger charge is 2.14. The SMILES string of the molecule is c1coc(CCNC(=NCc2ccccc2Cn2cccn2)NCC2CCCCO2)c1. The van der Waals surface area contributed by atoms with Crippen LogP contribution >= 0.6 is 0 Å². The Labute approximate surface area is 183 Å². The van der Waals surface area contributed by atoms with Crippen molar-refractivity contribution in [2.45, 2.75) is 44.9 Å². The molecule has 7 heteroatoms. The van der Waals surface area contributed by atoms with Crippen LogP contribution in [0.4, 0.5) is 0 Å². The normalized spacial score (nSPS) is 16.9. The van der Waals surface area contributed by atoms with Crippen LogP contribution in [-0.4, -0.2) is 41.5 Å². The van der Waals surface area contributed by atoms with E-state index in [0.29, 0.717) is 6.54 Å². The molecule has 31 heavy (non-hydrogen) atoms. The van der Waals surface area contributed by atoms with Crippen molar-refractivity contribution in [2.24, 2.45) is 4.99 Å². The summed E-state index contributed by atoms with van der Waals surface area (Å²) in [6, 6.07) is 14.2. The second kappa shape index (κ2) is 11.4. The van der Waals surface area contributed by atoms with E-state index < -0.39 is 0 Å². The molecule has 7 nitrogen and oxygen atoms in total. The van der Waals surface area contributed by atoms with E-state index in [1.807, 2.05) is 29.1 Å². The average Bonchev–Trinajstić information content (AvgIpc) is 3.51. The zero-order valence-electron chi connectivity index (χ0n) is 17.9. The molecule has 164 valence electrons. The molecule has 1 fully saturated rings. The number of guanidine groups is 1. The van der Waals surface area contributed by atoms with Gasteiger partial charge in [-0.1, -0.05) is 24.3 Å². The van der Waals surface area contributed by atoms with Gasteiger partial charge in [0.2, 0.25) is 0 Å². The molecule has 0 amide bonds. The van der Waals surface area contributed by atoms with Gasteiger partial charge in [-0.2, -0.15) is 5.10 Å². The summed E-state index contributed by atoms with van der Waals surface area (Å²) >= 11 is 0. The molecule has 1 saturated heterocycles. The van der Waals surface area contributed by atoms with E-state index in [2.05, 4.69) is 40.0 Å². The number of hydrogen-bond acceptors (Lipinski definition) is 4. The van der Waals surface area contributed by atoms with Crippen LogP contribution in [0.3, 0.4) is 0 Å². The summed E-state index contributed by atoms with van der Waals surface area (Å²) in [5.41, 5.74) is 2.42. The Morgan fingerprint density at radius 1 is 1.10 bits per heavy atom. The summed E-state index contributed by atoms with van der Waals surface area (Å²) in [5, 5.41) is 11.2. The number of nitrogens with one attached hydrogen (secondary N) is 2. The molecule has 4 rings (SSSR count). The fourth-order valence-electron chi connectivity index (χ4n) is 3.71. The minimum atomic E-state index is 0.248. The topological polar surface area (TPSA) is 76.6 Å². The minimum absolute atomic E-state index is 0.248. The maximum absolute atomic E-state index is 5.86. The van der Waals surface area contributed by atoms with Crippen LogP contribution in [0.1, 0.15) is 36.1 Å². The summed E-state index contributed by atoms with van der Waals surface area (Å²) < 4.78 is 13.2. The average molecular weight is 422 g/mol. The number of ether oxygens (including phenoxy) is 1. The van der Waals surface area contributed by atoms with Gasteiger partial charge in [-0.3, -0.25) is 4.68 Å². The zero-order chi connectivity index (χ0) is 21.1. The lowest BCUT2D eigenvalue weighted by Gasteiger charge is -2.24. The third-order valence-electron chi connectivity index (χ3n) is 5.43. The molecule has 0 spiro atoms. The Morgan fingerprint density at radius 2 is 2.03 bits per heavy atom. The molecule has 0 bridgehead atoms. The summed E-state index contributed by atoms with van der Waals surface area (Å²) in [6.45, 7) is 3.70. The lowest BCUT2D eigenvalue weighted by atomic mass is 10.1. The van der Waals surface area contributed by atoms with Crippen molar-refractivity contribution in [1.29, 1.82) is 0 Å². The molecule has 0 radical (unpaired) electrons. The first-order valence-electron chi connectivity index (χ1n) is 11.1. The predicted octanol–water partition coefficient (Wildman–Crippen LogP) is 3.37. The Hall–Kier alpha value is -3.06. The van der Waals surface area contributed by atoms with E-state index in [1.165, 1.54) is 17.5 Å². The van der Waals surface area contributed by atoms with Gasteiger partial charge in [0.1, 0.15) is 5.76 Å². The molecule has 3 aromatic rings. The van der Waals surface area contributed by atoms with Crippen molar-refractivity contribution in [3.63, 3.8) is 0 Å². The second-order valence-electron chi connectivity index (χ2n) is 7.76. The molecule has 0 aliphatic carbocycles. The van der Waals surface area contributed by atoms with Gasteiger partial charge in [0.25, 0.3) is 0 Å². The number of furan rings is 1. The summed E-state index contributed by atoms with van der Waals surface area (Å²) in [5.74, 6) is 1.77. The highest BCUT2D eigenvalue weighted by atomic mass is 16.5. The molecular weight excluding hydrogens is 390 g/mol.